The van der Waals surface area contributed by atoms with Gasteiger partial charge in [0.15, 0.2) is 0 Å². The molecule has 0 unspecified atom stereocenters. The minimum atomic E-state index is -0.416. The second kappa shape index (κ2) is 6.06. The standard InChI is InChI=1S/C22H19NO4/c24-19-10-16-11-23(12-18(16)19)21(25)15-6-3-5-13(8-15)17-9-14-4-1-2-7-20(14)27-22(17)26/h1-9,16,18-19,24H,10-12H2/t16-,18+,19+/m0/s1. The van der Waals surface area contributed by atoms with Crippen LogP contribution in [0.2, 0.25) is 0 Å². The number of aliphatic hydroxyl groups is 1. The summed E-state index contributed by atoms with van der Waals surface area (Å²) in [6, 6.07) is 16.3. The summed E-state index contributed by atoms with van der Waals surface area (Å²) in [5.41, 5.74) is 1.80. The Morgan fingerprint density at radius 2 is 1.93 bits per heavy atom. The molecule has 136 valence electrons. The van der Waals surface area contributed by atoms with Gasteiger partial charge in [-0.1, -0.05) is 30.3 Å². The largest absolute Gasteiger partial charge is 0.422 e. The van der Waals surface area contributed by atoms with Crippen molar-refractivity contribution >= 4 is 16.9 Å². The number of para-hydroxylation sites is 1. The normalized spacial score (nSPS) is 23.9. The van der Waals surface area contributed by atoms with Crippen molar-refractivity contribution in [2.24, 2.45) is 11.8 Å². The van der Waals surface area contributed by atoms with Gasteiger partial charge in [0.25, 0.3) is 5.91 Å². The van der Waals surface area contributed by atoms with Crippen molar-refractivity contribution < 1.29 is 14.3 Å². The fourth-order valence-corrected chi connectivity index (χ4v) is 4.30. The molecular formula is C22H19NO4. The van der Waals surface area contributed by atoms with Crippen LogP contribution in [0, 0.1) is 11.8 Å². The van der Waals surface area contributed by atoms with Gasteiger partial charge in [-0.15, -0.1) is 0 Å². The summed E-state index contributed by atoms with van der Waals surface area (Å²) in [5.74, 6) is 0.577. The zero-order valence-corrected chi connectivity index (χ0v) is 14.7. The van der Waals surface area contributed by atoms with Crippen molar-refractivity contribution in [2.45, 2.75) is 12.5 Å². The van der Waals surface area contributed by atoms with Crippen LogP contribution in [0.3, 0.4) is 0 Å². The summed E-state index contributed by atoms with van der Waals surface area (Å²) in [4.78, 5) is 27.1. The number of carbonyl (C=O) groups is 1. The molecule has 0 spiro atoms. The Morgan fingerprint density at radius 3 is 2.74 bits per heavy atom. The van der Waals surface area contributed by atoms with Crippen molar-refractivity contribution in [1.29, 1.82) is 0 Å². The number of likely N-dealkylation sites (tertiary alicyclic amines) is 1. The van der Waals surface area contributed by atoms with E-state index in [-0.39, 0.29) is 17.9 Å². The third-order valence-electron chi connectivity index (χ3n) is 5.88. The van der Waals surface area contributed by atoms with Crippen LogP contribution in [0.15, 0.2) is 63.8 Å². The van der Waals surface area contributed by atoms with Crippen molar-refractivity contribution in [3.8, 4) is 11.1 Å². The zero-order chi connectivity index (χ0) is 18.5. The average Bonchev–Trinajstić information content (AvgIpc) is 3.04. The van der Waals surface area contributed by atoms with Crippen molar-refractivity contribution in [3.63, 3.8) is 0 Å². The summed E-state index contributed by atoms with van der Waals surface area (Å²) < 4.78 is 5.42. The van der Waals surface area contributed by atoms with Gasteiger partial charge in [-0.2, -0.15) is 0 Å². The number of aliphatic hydroxyl groups excluding tert-OH is 1. The molecule has 2 fully saturated rings. The van der Waals surface area contributed by atoms with E-state index in [0.29, 0.717) is 41.3 Å². The fraction of sp³-hybridized carbons (Fsp3) is 0.273. The number of hydrogen-bond acceptors (Lipinski definition) is 4. The molecule has 0 bridgehead atoms. The second-order valence-corrected chi connectivity index (χ2v) is 7.50. The zero-order valence-electron chi connectivity index (χ0n) is 14.7. The lowest BCUT2D eigenvalue weighted by Gasteiger charge is -2.34. The molecule has 5 nitrogen and oxygen atoms in total. The summed E-state index contributed by atoms with van der Waals surface area (Å²) in [6.07, 6.45) is 0.508. The molecule has 5 heteroatoms. The molecule has 1 saturated heterocycles. The summed E-state index contributed by atoms with van der Waals surface area (Å²) in [7, 11) is 0. The summed E-state index contributed by atoms with van der Waals surface area (Å²) in [5, 5.41) is 10.7. The van der Waals surface area contributed by atoms with E-state index in [4.69, 9.17) is 4.42 Å². The molecule has 2 aromatic carbocycles. The highest BCUT2D eigenvalue weighted by atomic mass is 16.4. The third-order valence-corrected chi connectivity index (χ3v) is 5.88. The quantitative estimate of drug-likeness (QED) is 0.713. The van der Waals surface area contributed by atoms with Crippen LogP contribution in [-0.4, -0.2) is 35.1 Å². The molecule has 1 saturated carbocycles. The Bertz CT molecular complexity index is 1100. The van der Waals surface area contributed by atoms with Crippen LogP contribution in [0.5, 0.6) is 0 Å². The van der Waals surface area contributed by atoms with Crippen LogP contribution in [0.1, 0.15) is 16.8 Å². The topological polar surface area (TPSA) is 70.8 Å². The molecule has 27 heavy (non-hydrogen) atoms. The van der Waals surface area contributed by atoms with Crippen molar-refractivity contribution in [3.05, 3.63) is 70.6 Å². The molecule has 3 atom stereocenters. The van der Waals surface area contributed by atoms with Gasteiger partial charge < -0.3 is 14.4 Å². The predicted octanol–water partition coefficient (Wildman–Crippen LogP) is 2.91. The van der Waals surface area contributed by atoms with E-state index in [1.165, 1.54) is 0 Å². The minimum absolute atomic E-state index is 0.0522. The van der Waals surface area contributed by atoms with Crippen LogP contribution in [0.4, 0.5) is 0 Å². The van der Waals surface area contributed by atoms with Crippen molar-refractivity contribution in [1.82, 2.24) is 4.90 Å². The van der Waals surface area contributed by atoms with E-state index in [0.717, 1.165) is 11.8 Å². The first-order valence-electron chi connectivity index (χ1n) is 9.21. The van der Waals surface area contributed by atoms with Gasteiger partial charge in [0.2, 0.25) is 0 Å². The van der Waals surface area contributed by atoms with Gasteiger partial charge >= 0.3 is 5.63 Å². The number of amides is 1. The molecule has 1 N–H and O–H groups in total. The third kappa shape index (κ3) is 2.66. The fourth-order valence-electron chi connectivity index (χ4n) is 4.30. The lowest BCUT2D eigenvalue weighted by atomic mass is 9.74. The molecule has 0 radical (unpaired) electrons. The lowest BCUT2D eigenvalue weighted by Crippen LogP contribution is -2.39. The highest BCUT2D eigenvalue weighted by Crippen LogP contribution is 2.41. The maximum absolute atomic E-state index is 12.9. The van der Waals surface area contributed by atoms with Gasteiger partial charge in [0.05, 0.1) is 11.7 Å². The second-order valence-electron chi connectivity index (χ2n) is 7.50. The maximum atomic E-state index is 12.9. The van der Waals surface area contributed by atoms with Crippen molar-refractivity contribution in [2.75, 3.05) is 13.1 Å². The maximum Gasteiger partial charge on any atom is 0.344 e. The van der Waals surface area contributed by atoms with E-state index in [1.54, 1.807) is 30.3 Å². The van der Waals surface area contributed by atoms with Crippen LogP contribution in [-0.2, 0) is 0 Å². The first-order chi connectivity index (χ1) is 13.1. The first kappa shape index (κ1) is 16.3. The van der Waals surface area contributed by atoms with E-state index in [1.807, 2.05) is 29.2 Å². The van der Waals surface area contributed by atoms with Gasteiger partial charge in [-0.25, -0.2) is 4.79 Å². The van der Waals surface area contributed by atoms with E-state index < -0.39 is 5.63 Å². The Morgan fingerprint density at radius 1 is 1.07 bits per heavy atom. The first-order valence-corrected chi connectivity index (χ1v) is 9.21. The Kier molecular flexibility index (Phi) is 3.65. The molecule has 3 aromatic rings. The Balaban J connectivity index is 1.48. The molecule has 2 aliphatic rings. The number of nitrogens with zero attached hydrogens (tertiary/aromatic N) is 1. The highest BCUT2D eigenvalue weighted by Gasteiger charge is 2.47. The summed E-state index contributed by atoms with van der Waals surface area (Å²) >= 11 is 0. The van der Waals surface area contributed by atoms with Gasteiger partial charge in [-0.3, -0.25) is 4.79 Å². The number of benzene rings is 2. The predicted molar refractivity (Wildman–Crippen MR) is 101 cm³/mol. The van der Waals surface area contributed by atoms with E-state index in [2.05, 4.69) is 0 Å². The molecule has 1 aliphatic carbocycles. The Hall–Kier alpha value is -2.92. The van der Waals surface area contributed by atoms with E-state index in [9.17, 15) is 14.7 Å². The van der Waals surface area contributed by atoms with Gasteiger partial charge in [0, 0.05) is 30.0 Å². The van der Waals surface area contributed by atoms with Crippen LogP contribution >= 0.6 is 0 Å². The highest BCUT2D eigenvalue weighted by molar-refractivity contribution is 5.96. The molecule has 1 amide bonds. The van der Waals surface area contributed by atoms with Gasteiger partial charge in [0.1, 0.15) is 5.58 Å². The number of hydrogen-bond donors (Lipinski definition) is 1. The molecular weight excluding hydrogens is 342 g/mol. The van der Waals surface area contributed by atoms with Crippen LogP contribution in [0.25, 0.3) is 22.1 Å². The number of fused-ring (bicyclic) bond motifs is 2. The van der Waals surface area contributed by atoms with E-state index >= 15 is 0 Å². The summed E-state index contributed by atoms with van der Waals surface area (Å²) in [6.45, 7) is 1.30. The molecule has 1 aromatic heterocycles. The molecule has 1 aliphatic heterocycles. The number of carbonyl (C=O) groups excluding carboxylic acids is 1. The number of rotatable bonds is 2. The molecule has 5 rings (SSSR count). The van der Waals surface area contributed by atoms with Crippen LogP contribution < -0.4 is 5.63 Å². The molecule has 2 heterocycles. The SMILES string of the molecule is O=C(c1cccc(-c2cc3ccccc3oc2=O)c1)N1C[C@@H]2C[C@@H](O)[C@@H]2C1. The minimum Gasteiger partial charge on any atom is -0.422 e. The van der Waals surface area contributed by atoms with Gasteiger partial charge in [-0.05, 0) is 42.2 Å². The monoisotopic (exact) mass is 361 g/mol. The smallest absolute Gasteiger partial charge is 0.344 e. The lowest BCUT2D eigenvalue weighted by molar-refractivity contribution is -0.00427. The average molecular weight is 361 g/mol. The Labute approximate surface area is 155 Å².